The quantitative estimate of drug-likeness (QED) is 0.905. The molecule has 1 aromatic carbocycles. The van der Waals surface area contributed by atoms with Crippen LogP contribution in [0.15, 0.2) is 24.4 Å². The second-order valence-electron chi connectivity index (χ2n) is 3.76. The number of benzene rings is 1. The number of aryl methyl sites for hydroxylation is 1. The van der Waals surface area contributed by atoms with Gasteiger partial charge < -0.3 is 11.1 Å². The first kappa shape index (κ1) is 12.9. The van der Waals surface area contributed by atoms with Crippen LogP contribution in [0.5, 0.6) is 0 Å². The Morgan fingerprint density at radius 3 is 2.89 bits per heavy atom. The van der Waals surface area contributed by atoms with Crippen LogP contribution in [-0.4, -0.2) is 10.9 Å². The molecule has 0 unspecified atom stereocenters. The highest BCUT2D eigenvalue weighted by molar-refractivity contribution is 7.11. The summed E-state index contributed by atoms with van der Waals surface area (Å²) in [5, 5.41) is 4.61. The Morgan fingerprint density at radius 1 is 1.56 bits per heavy atom. The summed E-state index contributed by atoms with van der Waals surface area (Å²) in [6.07, 6.45) is 1.84. The van der Waals surface area contributed by atoms with Crippen molar-refractivity contribution in [2.75, 3.05) is 5.32 Å². The summed E-state index contributed by atoms with van der Waals surface area (Å²) in [6.45, 7) is 2.64. The van der Waals surface area contributed by atoms with Gasteiger partial charge in [0.25, 0.3) is 0 Å². The van der Waals surface area contributed by atoms with Crippen molar-refractivity contribution < 1.29 is 4.79 Å². The fourth-order valence-corrected chi connectivity index (χ4v) is 2.51. The molecule has 0 radical (unpaired) electrons. The highest BCUT2D eigenvalue weighted by atomic mass is 35.5. The largest absolute Gasteiger partial charge is 0.380 e. The van der Waals surface area contributed by atoms with Crippen LogP contribution in [0, 0.1) is 6.92 Å². The number of carbonyl (C=O) groups is 1. The molecule has 2 rings (SSSR count). The van der Waals surface area contributed by atoms with Crippen molar-refractivity contribution in [3.05, 3.63) is 44.9 Å². The number of amides is 1. The minimum atomic E-state index is -0.523. The second-order valence-corrected chi connectivity index (χ2v) is 5.48. The van der Waals surface area contributed by atoms with Gasteiger partial charge in [0, 0.05) is 16.8 Å². The lowest BCUT2D eigenvalue weighted by atomic mass is 10.2. The van der Waals surface area contributed by atoms with E-state index >= 15 is 0 Å². The molecule has 6 heteroatoms. The number of thiazole rings is 1. The van der Waals surface area contributed by atoms with Gasteiger partial charge in [-0.05, 0) is 25.1 Å². The molecule has 0 saturated heterocycles. The van der Waals surface area contributed by atoms with E-state index in [4.69, 9.17) is 17.3 Å². The van der Waals surface area contributed by atoms with Crippen LogP contribution in [0.4, 0.5) is 5.69 Å². The zero-order chi connectivity index (χ0) is 13.1. The first-order chi connectivity index (χ1) is 8.56. The van der Waals surface area contributed by atoms with E-state index in [1.807, 2.05) is 13.1 Å². The van der Waals surface area contributed by atoms with E-state index in [1.54, 1.807) is 29.5 Å². The number of hydrogen-bond acceptors (Lipinski definition) is 4. The number of aromatic nitrogens is 1. The van der Waals surface area contributed by atoms with Crippen molar-refractivity contribution in [2.45, 2.75) is 13.5 Å². The normalized spacial score (nSPS) is 10.3. The van der Waals surface area contributed by atoms with Crippen LogP contribution in [0.1, 0.15) is 20.2 Å². The van der Waals surface area contributed by atoms with E-state index in [0.717, 1.165) is 15.6 Å². The van der Waals surface area contributed by atoms with Gasteiger partial charge in [0.05, 0.1) is 22.1 Å². The van der Waals surface area contributed by atoms with Crippen molar-refractivity contribution in [1.29, 1.82) is 0 Å². The Bertz CT molecular complexity index is 582. The number of hydrogen-bond donors (Lipinski definition) is 2. The lowest BCUT2D eigenvalue weighted by Gasteiger charge is -2.06. The summed E-state index contributed by atoms with van der Waals surface area (Å²) < 4.78 is 0. The summed E-state index contributed by atoms with van der Waals surface area (Å²) in [6, 6.07) is 5.08. The Balaban J connectivity index is 2.06. The van der Waals surface area contributed by atoms with Crippen LogP contribution >= 0.6 is 22.9 Å². The SMILES string of the molecule is Cc1ncc(CNc2ccc(C(N)=O)c(Cl)c2)s1. The first-order valence-corrected chi connectivity index (χ1v) is 6.50. The standard InChI is InChI=1S/C12H12ClN3OS/c1-7-15-5-9(18-7)6-16-8-2-3-10(12(14)17)11(13)4-8/h2-5,16H,6H2,1H3,(H2,14,17). The molecule has 0 aliphatic rings. The van der Waals surface area contributed by atoms with E-state index in [0.29, 0.717) is 17.1 Å². The molecule has 18 heavy (non-hydrogen) atoms. The van der Waals surface area contributed by atoms with Crippen molar-refractivity contribution in [3.8, 4) is 0 Å². The lowest BCUT2D eigenvalue weighted by molar-refractivity contribution is 0.100. The third kappa shape index (κ3) is 3.00. The van der Waals surface area contributed by atoms with E-state index in [-0.39, 0.29) is 0 Å². The van der Waals surface area contributed by atoms with Crippen LogP contribution < -0.4 is 11.1 Å². The molecule has 0 atom stereocenters. The molecule has 94 valence electrons. The summed E-state index contributed by atoms with van der Waals surface area (Å²) in [5.41, 5.74) is 6.36. The lowest BCUT2D eigenvalue weighted by Crippen LogP contribution is -2.11. The van der Waals surface area contributed by atoms with Crippen LogP contribution in [0.2, 0.25) is 5.02 Å². The summed E-state index contributed by atoms with van der Waals surface area (Å²) >= 11 is 7.60. The summed E-state index contributed by atoms with van der Waals surface area (Å²) in [4.78, 5) is 16.3. The second kappa shape index (κ2) is 5.37. The average molecular weight is 282 g/mol. The van der Waals surface area contributed by atoms with Gasteiger partial charge in [0.2, 0.25) is 5.91 Å². The highest BCUT2D eigenvalue weighted by Crippen LogP contribution is 2.21. The monoisotopic (exact) mass is 281 g/mol. The number of nitrogens with two attached hydrogens (primary N) is 1. The predicted molar refractivity (Wildman–Crippen MR) is 74.1 cm³/mol. The number of primary amides is 1. The maximum absolute atomic E-state index is 11.0. The van der Waals surface area contributed by atoms with Crippen LogP contribution in [-0.2, 0) is 6.54 Å². The maximum atomic E-state index is 11.0. The molecule has 0 saturated carbocycles. The first-order valence-electron chi connectivity index (χ1n) is 5.31. The van der Waals surface area contributed by atoms with Crippen LogP contribution in [0.25, 0.3) is 0 Å². The fourth-order valence-electron chi connectivity index (χ4n) is 1.50. The Labute approximate surface area is 114 Å². The van der Waals surface area contributed by atoms with Crippen molar-refractivity contribution >= 4 is 34.5 Å². The molecule has 0 spiro atoms. The van der Waals surface area contributed by atoms with E-state index in [1.165, 1.54) is 0 Å². The van der Waals surface area contributed by atoms with Crippen molar-refractivity contribution in [3.63, 3.8) is 0 Å². The molecule has 0 aliphatic heterocycles. The van der Waals surface area contributed by atoms with E-state index in [9.17, 15) is 4.79 Å². The highest BCUT2D eigenvalue weighted by Gasteiger charge is 2.07. The number of rotatable bonds is 4. The molecular formula is C12H12ClN3OS. The Kier molecular flexibility index (Phi) is 3.84. The maximum Gasteiger partial charge on any atom is 0.250 e. The molecule has 2 aromatic rings. The molecular weight excluding hydrogens is 270 g/mol. The van der Waals surface area contributed by atoms with Gasteiger partial charge in [-0.25, -0.2) is 4.98 Å². The Hall–Kier alpha value is -1.59. The molecule has 1 heterocycles. The van der Waals surface area contributed by atoms with Gasteiger partial charge in [-0.1, -0.05) is 11.6 Å². The molecule has 1 aromatic heterocycles. The zero-order valence-electron chi connectivity index (χ0n) is 9.74. The number of nitrogens with zero attached hydrogens (tertiary/aromatic N) is 1. The summed E-state index contributed by atoms with van der Waals surface area (Å²) in [7, 11) is 0. The average Bonchev–Trinajstić information content (AvgIpc) is 2.72. The van der Waals surface area contributed by atoms with E-state index in [2.05, 4.69) is 10.3 Å². The van der Waals surface area contributed by atoms with Gasteiger partial charge in [0.15, 0.2) is 0 Å². The molecule has 3 N–H and O–H groups in total. The zero-order valence-corrected chi connectivity index (χ0v) is 11.3. The minimum absolute atomic E-state index is 0.329. The van der Waals surface area contributed by atoms with Gasteiger partial charge >= 0.3 is 0 Å². The number of halogens is 1. The van der Waals surface area contributed by atoms with Crippen molar-refractivity contribution in [1.82, 2.24) is 4.98 Å². The molecule has 4 nitrogen and oxygen atoms in total. The van der Waals surface area contributed by atoms with Crippen molar-refractivity contribution in [2.24, 2.45) is 5.73 Å². The third-order valence-electron chi connectivity index (χ3n) is 2.37. The topological polar surface area (TPSA) is 68.0 Å². The predicted octanol–water partition coefficient (Wildman–Crippen LogP) is 2.82. The summed E-state index contributed by atoms with van der Waals surface area (Å²) in [5.74, 6) is -0.523. The van der Waals surface area contributed by atoms with Gasteiger partial charge in [-0.2, -0.15) is 0 Å². The third-order valence-corrected chi connectivity index (χ3v) is 3.60. The smallest absolute Gasteiger partial charge is 0.250 e. The Morgan fingerprint density at radius 2 is 2.33 bits per heavy atom. The van der Waals surface area contributed by atoms with Gasteiger partial charge in [-0.3, -0.25) is 4.79 Å². The number of anilines is 1. The molecule has 0 fully saturated rings. The molecule has 1 amide bonds. The van der Waals surface area contributed by atoms with Gasteiger partial charge in [-0.15, -0.1) is 11.3 Å². The number of nitrogens with one attached hydrogen (secondary N) is 1. The molecule has 0 bridgehead atoms. The molecule has 0 aliphatic carbocycles. The fraction of sp³-hybridized carbons (Fsp3) is 0.167. The number of carbonyl (C=O) groups excluding carboxylic acids is 1. The van der Waals surface area contributed by atoms with E-state index < -0.39 is 5.91 Å². The van der Waals surface area contributed by atoms with Crippen LogP contribution in [0.3, 0.4) is 0 Å². The van der Waals surface area contributed by atoms with Gasteiger partial charge in [0.1, 0.15) is 0 Å². The minimum Gasteiger partial charge on any atom is -0.380 e.